The van der Waals surface area contributed by atoms with Crippen molar-refractivity contribution in [1.82, 2.24) is 0 Å². The van der Waals surface area contributed by atoms with Crippen molar-refractivity contribution in [1.29, 1.82) is 0 Å². The first kappa shape index (κ1) is 9.27. The van der Waals surface area contributed by atoms with Gasteiger partial charge in [0.15, 0.2) is 0 Å². The van der Waals surface area contributed by atoms with E-state index in [1.54, 1.807) is 0 Å². The smallest absolute Gasteiger partial charge is 0.0365 e. The highest BCUT2D eigenvalue weighted by Crippen LogP contribution is 2.34. The van der Waals surface area contributed by atoms with Gasteiger partial charge in [0.1, 0.15) is 0 Å². The molecular weight excluding hydrogens is 275 g/mol. The first-order valence-electron chi connectivity index (χ1n) is 4.52. The van der Waals surface area contributed by atoms with Crippen LogP contribution >= 0.6 is 22.6 Å². The molecule has 1 aliphatic rings. The summed E-state index contributed by atoms with van der Waals surface area (Å²) in [6.45, 7) is 0. The molecule has 0 heterocycles. The van der Waals surface area contributed by atoms with E-state index < -0.39 is 0 Å². The summed E-state index contributed by atoms with van der Waals surface area (Å²) in [6, 6.07) is 4.19. The molecule has 0 saturated carbocycles. The van der Waals surface area contributed by atoms with Gasteiger partial charge in [0.05, 0.1) is 0 Å². The summed E-state index contributed by atoms with van der Waals surface area (Å²) in [5, 5.41) is 0. The Morgan fingerprint density at radius 2 is 2.15 bits per heavy atom. The topological polar surface area (TPSA) is 52.0 Å². The van der Waals surface area contributed by atoms with Crippen molar-refractivity contribution in [3.8, 4) is 0 Å². The van der Waals surface area contributed by atoms with Crippen LogP contribution in [-0.2, 0) is 6.42 Å². The molecule has 0 unspecified atom stereocenters. The number of hydrogen-bond donors (Lipinski definition) is 2. The number of anilines is 1. The molecule has 13 heavy (non-hydrogen) atoms. The fraction of sp³-hybridized carbons (Fsp3) is 0.400. The SMILES string of the molecule is Nc1ccc(I)c2c1[C@@H](N)CCC2. The Morgan fingerprint density at radius 3 is 2.85 bits per heavy atom. The lowest BCUT2D eigenvalue weighted by Crippen LogP contribution is -2.20. The molecule has 0 fully saturated rings. The largest absolute Gasteiger partial charge is 0.398 e. The average molecular weight is 288 g/mol. The predicted octanol–water partition coefficient (Wildman–Crippen LogP) is 2.21. The van der Waals surface area contributed by atoms with Crippen molar-refractivity contribution < 1.29 is 0 Å². The van der Waals surface area contributed by atoms with Gasteiger partial charge in [-0.2, -0.15) is 0 Å². The lowest BCUT2D eigenvalue weighted by Gasteiger charge is -2.24. The van der Waals surface area contributed by atoms with Crippen LogP contribution in [0, 0.1) is 3.57 Å². The van der Waals surface area contributed by atoms with Crippen LogP contribution in [0.25, 0.3) is 0 Å². The van der Waals surface area contributed by atoms with Gasteiger partial charge in [0, 0.05) is 15.3 Å². The monoisotopic (exact) mass is 288 g/mol. The van der Waals surface area contributed by atoms with Crippen LogP contribution in [0.5, 0.6) is 0 Å². The number of halogens is 1. The number of fused-ring (bicyclic) bond motifs is 1. The highest BCUT2D eigenvalue weighted by molar-refractivity contribution is 14.1. The van der Waals surface area contributed by atoms with Gasteiger partial charge in [-0.15, -0.1) is 0 Å². The van der Waals surface area contributed by atoms with Crippen LogP contribution in [0.4, 0.5) is 5.69 Å². The Morgan fingerprint density at radius 1 is 1.38 bits per heavy atom. The summed E-state index contributed by atoms with van der Waals surface area (Å²) >= 11 is 2.36. The van der Waals surface area contributed by atoms with E-state index in [4.69, 9.17) is 11.5 Å². The van der Waals surface area contributed by atoms with Gasteiger partial charge in [-0.25, -0.2) is 0 Å². The minimum atomic E-state index is 0.151. The molecule has 1 aliphatic carbocycles. The number of benzene rings is 1. The van der Waals surface area contributed by atoms with Gasteiger partial charge < -0.3 is 11.5 Å². The predicted molar refractivity (Wildman–Crippen MR) is 63.4 cm³/mol. The molecule has 2 nitrogen and oxygen atoms in total. The van der Waals surface area contributed by atoms with Crippen molar-refractivity contribution >= 4 is 28.3 Å². The quantitative estimate of drug-likeness (QED) is 0.568. The molecule has 0 aromatic heterocycles. The van der Waals surface area contributed by atoms with E-state index in [2.05, 4.69) is 28.7 Å². The zero-order chi connectivity index (χ0) is 9.42. The van der Waals surface area contributed by atoms with Gasteiger partial charge in [0.25, 0.3) is 0 Å². The molecule has 70 valence electrons. The van der Waals surface area contributed by atoms with Crippen LogP contribution in [0.1, 0.15) is 30.0 Å². The second-order valence-electron chi connectivity index (χ2n) is 3.53. The molecule has 1 aromatic rings. The molecule has 0 aliphatic heterocycles. The van der Waals surface area contributed by atoms with Gasteiger partial charge >= 0.3 is 0 Å². The van der Waals surface area contributed by atoms with Crippen LogP contribution in [-0.4, -0.2) is 0 Å². The summed E-state index contributed by atoms with van der Waals surface area (Å²) < 4.78 is 1.30. The Hall–Kier alpha value is -0.290. The number of rotatable bonds is 0. The standard InChI is InChI=1S/C10H13IN2/c11-7-4-5-9(13)10-6(7)2-1-3-8(10)12/h4-5,8H,1-3,12-13H2/t8-/m0/s1. The zero-order valence-corrected chi connectivity index (χ0v) is 9.54. The maximum atomic E-state index is 6.03. The van der Waals surface area contributed by atoms with Crippen LogP contribution in [0.2, 0.25) is 0 Å². The normalized spacial score (nSPS) is 21.2. The molecule has 0 radical (unpaired) electrons. The highest BCUT2D eigenvalue weighted by atomic mass is 127. The van der Waals surface area contributed by atoms with Crippen molar-refractivity contribution in [2.24, 2.45) is 5.73 Å². The van der Waals surface area contributed by atoms with Gasteiger partial charge in [0.2, 0.25) is 0 Å². The van der Waals surface area contributed by atoms with Crippen LogP contribution in [0.15, 0.2) is 12.1 Å². The molecule has 4 N–H and O–H groups in total. The second-order valence-corrected chi connectivity index (χ2v) is 4.69. The van der Waals surface area contributed by atoms with Crippen molar-refractivity contribution in [2.75, 3.05) is 5.73 Å². The van der Waals surface area contributed by atoms with Crippen molar-refractivity contribution in [3.63, 3.8) is 0 Å². The average Bonchev–Trinajstić information content (AvgIpc) is 2.12. The molecule has 2 rings (SSSR count). The van der Waals surface area contributed by atoms with E-state index in [0.29, 0.717) is 0 Å². The van der Waals surface area contributed by atoms with Gasteiger partial charge in [-0.05, 0) is 65.1 Å². The van der Waals surface area contributed by atoms with Gasteiger partial charge in [-0.1, -0.05) is 0 Å². The zero-order valence-electron chi connectivity index (χ0n) is 7.39. The third-order valence-electron chi connectivity index (χ3n) is 2.65. The highest BCUT2D eigenvalue weighted by Gasteiger charge is 2.20. The molecule has 0 spiro atoms. The summed E-state index contributed by atoms with van der Waals surface area (Å²) in [5.41, 5.74) is 15.4. The summed E-state index contributed by atoms with van der Waals surface area (Å²) in [6.07, 6.45) is 3.39. The fourth-order valence-corrected chi connectivity index (χ4v) is 2.73. The molecular formula is C10H13IN2. The Bertz CT molecular complexity index is 336. The third-order valence-corrected chi connectivity index (χ3v) is 3.66. The van der Waals surface area contributed by atoms with Crippen LogP contribution in [0.3, 0.4) is 0 Å². The summed E-state index contributed by atoms with van der Waals surface area (Å²) in [4.78, 5) is 0. The maximum absolute atomic E-state index is 6.03. The minimum Gasteiger partial charge on any atom is -0.398 e. The van der Waals surface area contributed by atoms with E-state index >= 15 is 0 Å². The Labute approximate surface area is 91.8 Å². The maximum Gasteiger partial charge on any atom is 0.0365 e. The number of nitrogen functional groups attached to an aromatic ring is 1. The van der Waals surface area contributed by atoms with Crippen molar-refractivity contribution in [2.45, 2.75) is 25.3 Å². The first-order valence-corrected chi connectivity index (χ1v) is 5.60. The van der Waals surface area contributed by atoms with Crippen molar-refractivity contribution in [3.05, 3.63) is 26.8 Å². The lowest BCUT2D eigenvalue weighted by atomic mass is 9.87. The van der Waals surface area contributed by atoms with E-state index in [-0.39, 0.29) is 6.04 Å². The first-order chi connectivity index (χ1) is 6.20. The number of hydrogen-bond acceptors (Lipinski definition) is 2. The molecule has 0 saturated heterocycles. The van der Waals surface area contributed by atoms with E-state index in [1.807, 2.05) is 6.07 Å². The molecule has 3 heteroatoms. The Kier molecular flexibility index (Phi) is 2.47. The fourth-order valence-electron chi connectivity index (χ4n) is 1.99. The minimum absolute atomic E-state index is 0.151. The molecule has 0 bridgehead atoms. The summed E-state index contributed by atoms with van der Waals surface area (Å²) in [7, 11) is 0. The molecule has 0 amide bonds. The molecule has 1 aromatic carbocycles. The van der Waals surface area contributed by atoms with E-state index in [0.717, 1.165) is 18.5 Å². The van der Waals surface area contributed by atoms with E-state index in [9.17, 15) is 0 Å². The third kappa shape index (κ3) is 1.55. The van der Waals surface area contributed by atoms with Gasteiger partial charge in [-0.3, -0.25) is 0 Å². The van der Waals surface area contributed by atoms with Crippen LogP contribution < -0.4 is 11.5 Å². The van der Waals surface area contributed by atoms with E-state index in [1.165, 1.54) is 21.1 Å². The lowest BCUT2D eigenvalue weighted by molar-refractivity contribution is 0.570. The summed E-state index contributed by atoms with van der Waals surface area (Å²) in [5.74, 6) is 0. The number of nitrogens with two attached hydrogens (primary N) is 2. The Balaban J connectivity index is 2.60. The second kappa shape index (κ2) is 3.46. The molecule has 1 atom stereocenters.